The van der Waals surface area contributed by atoms with E-state index in [-0.39, 0.29) is 5.78 Å². The third-order valence-corrected chi connectivity index (χ3v) is 3.71. The van der Waals surface area contributed by atoms with Crippen LogP contribution in [0.5, 0.6) is 0 Å². The molecular formula is C14H19Cl2NO. The zero-order valence-electron chi connectivity index (χ0n) is 10.9. The maximum Gasteiger partial charge on any atom is 0.165 e. The summed E-state index contributed by atoms with van der Waals surface area (Å²) in [6.07, 6.45) is 1.58. The number of carbonyl (C=O) groups excluding carboxylic acids is 1. The largest absolute Gasteiger partial charge is 0.303 e. The van der Waals surface area contributed by atoms with Crippen LogP contribution in [0.2, 0.25) is 10.0 Å². The average molecular weight is 288 g/mol. The van der Waals surface area contributed by atoms with Gasteiger partial charge < -0.3 is 4.90 Å². The monoisotopic (exact) mass is 287 g/mol. The molecule has 100 valence electrons. The first-order valence-corrected chi connectivity index (χ1v) is 7.05. The van der Waals surface area contributed by atoms with Crippen LogP contribution < -0.4 is 0 Å². The summed E-state index contributed by atoms with van der Waals surface area (Å²) in [5, 5.41) is 0.797. The number of carbonyl (C=O) groups is 1. The summed E-state index contributed by atoms with van der Waals surface area (Å²) in [7, 11) is 0. The molecular weight excluding hydrogens is 269 g/mol. The highest BCUT2D eigenvalue weighted by atomic mass is 35.5. The third kappa shape index (κ3) is 4.27. The Labute approximate surface area is 119 Å². The molecule has 1 rings (SSSR count). The van der Waals surface area contributed by atoms with Crippen molar-refractivity contribution in [3.05, 3.63) is 33.8 Å². The van der Waals surface area contributed by atoms with Gasteiger partial charge in [-0.15, -0.1) is 0 Å². The lowest BCUT2D eigenvalue weighted by Gasteiger charge is -2.18. The standard InChI is InChI=1S/C14H19Cl2NO/c1-3-9-17(4-2)10-8-13(18)11-6-5-7-12(15)14(11)16/h5-7H,3-4,8-10H2,1-2H3. The average Bonchev–Trinajstić information content (AvgIpc) is 2.37. The highest BCUT2D eigenvalue weighted by Gasteiger charge is 2.13. The van der Waals surface area contributed by atoms with Crippen LogP contribution in [0.1, 0.15) is 37.0 Å². The molecule has 0 amide bonds. The Morgan fingerprint density at radius 1 is 1.22 bits per heavy atom. The van der Waals surface area contributed by atoms with Gasteiger partial charge in [-0.1, -0.05) is 43.1 Å². The number of hydrogen-bond acceptors (Lipinski definition) is 2. The van der Waals surface area contributed by atoms with Crippen LogP contribution in [0.15, 0.2) is 18.2 Å². The molecule has 0 saturated carbocycles. The SMILES string of the molecule is CCCN(CC)CCC(=O)c1cccc(Cl)c1Cl. The number of rotatable bonds is 7. The highest BCUT2D eigenvalue weighted by molar-refractivity contribution is 6.43. The fourth-order valence-electron chi connectivity index (χ4n) is 1.86. The highest BCUT2D eigenvalue weighted by Crippen LogP contribution is 2.26. The Balaban J connectivity index is 2.62. The summed E-state index contributed by atoms with van der Waals surface area (Å²) in [6, 6.07) is 5.17. The number of benzene rings is 1. The van der Waals surface area contributed by atoms with Gasteiger partial charge in [-0.3, -0.25) is 4.79 Å². The number of Topliss-reactive ketones (excluding diaryl/α,β-unsaturated/α-hetero) is 1. The molecule has 0 unspecified atom stereocenters. The van der Waals surface area contributed by atoms with Crippen LogP contribution in [0.25, 0.3) is 0 Å². The van der Waals surface area contributed by atoms with Gasteiger partial charge in [0.1, 0.15) is 0 Å². The second-order valence-corrected chi connectivity index (χ2v) is 4.99. The Morgan fingerprint density at radius 2 is 1.94 bits per heavy atom. The lowest BCUT2D eigenvalue weighted by Crippen LogP contribution is -2.27. The van der Waals surface area contributed by atoms with Crippen LogP contribution in [0.3, 0.4) is 0 Å². The van der Waals surface area contributed by atoms with Crippen molar-refractivity contribution >= 4 is 29.0 Å². The molecule has 0 aliphatic carbocycles. The van der Waals surface area contributed by atoms with E-state index in [1.165, 1.54) is 0 Å². The number of nitrogens with zero attached hydrogens (tertiary/aromatic N) is 1. The first-order valence-electron chi connectivity index (χ1n) is 6.29. The minimum atomic E-state index is 0.0528. The molecule has 0 aliphatic heterocycles. The first kappa shape index (κ1) is 15.5. The van der Waals surface area contributed by atoms with Gasteiger partial charge in [-0.2, -0.15) is 0 Å². The maximum absolute atomic E-state index is 12.1. The summed E-state index contributed by atoms with van der Waals surface area (Å²) in [6.45, 7) is 6.99. The quantitative estimate of drug-likeness (QED) is 0.697. The summed E-state index contributed by atoms with van der Waals surface area (Å²) in [5.41, 5.74) is 0.525. The summed E-state index contributed by atoms with van der Waals surface area (Å²) in [5.74, 6) is 0.0528. The normalized spacial score (nSPS) is 10.9. The predicted octanol–water partition coefficient (Wildman–Crippen LogP) is 4.30. The number of ketones is 1. The smallest absolute Gasteiger partial charge is 0.165 e. The zero-order chi connectivity index (χ0) is 13.5. The van der Waals surface area contributed by atoms with Crippen LogP contribution >= 0.6 is 23.2 Å². The Bertz CT molecular complexity index is 407. The van der Waals surface area contributed by atoms with Crippen LogP contribution in [-0.2, 0) is 0 Å². The maximum atomic E-state index is 12.1. The Hall–Kier alpha value is -0.570. The van der Waals surface area contributed by atoms with Gasteiger partial charge >= 0.3 is 0 Å². The van der Waals surface area contributed by atoms with Crippen molar-refractivity contribution in [1.29, 1.82) is 0 Å². The van der Waals surface area contributed by atoms with Crippen LogP contribution in [-0.4, -0.2) is 30.3 Å². The van der Waals surface area contributed by atoms with Gasteiger partial charge in [0.2, 0.25) is 0 Å². The van der Waals surface area contributed by atoms with Gasteiger partial charge in [0, 0.05) is 18.5 Å². The van der Waals surface area contributed by atoms with E-state index in [1.807, 2.05) is 0 Å². The van der Waals surface area contributed by atoms with Gasteiger partial charge in [-0.05, 0) is 31.6 Å². The minimum absolute atomic E-state index is 0.0528. The van der Waals surface area contributed by atoms with E-state index in [1.54, 1.807) is 18.2 Å². The molecule has 0 heterocycles. The van der Waals surface area contributed by atoms with Crippen molar-refractivity contribution < 1.29 is 4.79 Å². The molecule has 4 heteroatoms. The molecule has 1 aromatic rings. The topological polar surface area (TPSA) is 20.3 Å². The van der Waals surface area contributed by atoms with Crippen molar-refractivity contribution in [2.24, 2.45) is 0 Å². The van der Waals surface area contributed by atoms with Crippen molar-refractivity contribution in [3.63, 3.8) is 0 Å². The molecule has 0 fully saturated rings. The van der Waals surface area contributed by atoms with Gasteiger partial charge in [0.05, 0.1) is 10.0 Å². The fraction of sp³-hybridized carbons (Fsp3) is 0.500. The van der Waals surface area contributed by atoms with E-state index in [9.17, 15) is 4.79 Å². The summed E-state index contributed by atoms with van der Waals surface area (Å²) >= 11 is 11.9. The van der Waals surface area contributed by atoms with E-state index >= 15 is 0 Å². The van der Waals surface area contributed by atoms with E-state index in [2.05, 4.69) is 18.7 Å². The first-order chi connectivity index (χ1) is 8.60. The lowest BCUT2D eigenvalue weighted by molar-refractivity contribution is 0.0965. The van der Waals surface area contributed by atoms with Crippen molar-refractivity contribution in [1.82, 2.24) is 4.90 Å². The van der Waals surface area contributed by atoms with E-state index < -0.39 is 0 Å². The minimum Gasteiger partial charge on any atom is -0.303 e. The molecule has 1 aromatic carbocycles. The molecule has 0 radical (unpaired) electrons. The van der Waals surface area contributed by atoms with Gasteiger partial charge in [0.25, 0.3) is 0 Å². The van der Waals surface area contributed by atoms with E-state index in [0.29, 0.717) is 22.0 Å². The van der Waals surface area contributed by atoms with Crippen LogP contribution in [0.4, 0.5) is 0 Å². The lowest BCUT2D eigenvalue weighted by atomic mass is 10.1. The van der Waals surface area contributed by atoms with E-state index in [0.717, 1.165) is 26.1 Å². The third-order valence-electron chi connectivity index (χ3n) is 2.89. The van der Waals surface area contributed by atoms with Gasteiger partial charge in [0.15, 0.2) is 5.78 Å². The zero-order valence-corrected chi connectivity index (χ0v) is 12.4. The second-order valence-electron chi connectivity index (χ2n) is 4.21. The molecule has 0 aromatic heterocycles. The van der Waals surface area contributed by atoms with Crippen molar-refractivity contribution in [2.45, 2.75) is 26.7 Å². The fourth-order valence-corrected chi connectivity index (χ4v) is 2.26. The predicted molar refractivity (Wildman–Crippen MR) is 77.8 cm³/mol. The van der Waals surface area contributed by atoms with Crippen molar-refractivity contribution in [3.8, 4) is 0 Å². The van der Waals surface area contributed by atoms with Gasteiger partial charge in [-0.25, -0.2) is 0 Å². The molecule has 0 atom stereocenters. The molecule has 0 N–H and O–H groups in total. The Morgan fingerprint density at radius 3 is 2.56 bits per heavy atom. The summed E-state index contributed by atoms with van der Waals surface area (Å²) < 4.78 is 0. The number of halogens is 2. The Kier molecular flexibility index (Phi) is 6.69. The second kappa shape index (κ2) is 7.78. The molecule has 0 bridgehead atoms. The molecule has 18 heavy (non-hydrogen) atoms. The van der Waals surface area contributed by atoms with Crippen LogP contribution in [0, 0.1) is 0 Å². The molecule has 0 saturated heterocycles. The van der Waals surface area contributed by atoms with E-state index in [4.69, 9.17) is 23.2 Å². The number of hydrogen-bond donors (Lipinski definition) is 0. The molecule has 0 aliphatic rings. The summed E-state index contributed by atoms with van der Waals surface area (Å²) in [4.78, 5) is 14.3. The molecule has 2 nitrogen and oxygen atoms in total. The molecule has 0 spiro atoms. The van der Waals surface area contributed by atoms with Crippen molar-refractivity contribution in [2.75, 3.05) is 19.6 Å².